The summed E-state index contributed by atoms with van der Waals surface area (Å²) in [4.78, 5) is 13.6. The number of ether oxygens (including phenoxy) is 1. The lowest BCUT2D eigenvalue weighted by atomic mass is 10.1. The fraction of sp³-hybridized carbons (Fsp3) is 0.462. The minimum absolute atomic E-state index is 0.102. The van der Waals surface area contributed by atoms with Gasteiger partial charge in [0.25, 0.3) is 5.91 Å². The molecule has 2 N–H and O–H groups in total. The molecule has 2 atom stereocenters. The molecule has 0 bridgehead atoms. The third kappa shape index (κ3) is 2.53. The van der Waals surface area contributed by atoms with Crippen LogP contribution in [0, 0.1) is 11.6 Å². The fourth-order valence-corrected chi connectivity index (χ4v) is 2.30. The molecule has 19 heavy (non-hydrogen) atoms. The second kappa shape index (κ2) is 5.13. The number of anilines is 1. The molecule has 0 spiro atoms. The Kier molecular flexibility index (Phi) is 3.71. The molecule has 104 valence electrons. The molecule has 0 aromatic heterocycles. The lowest BCUT2D eigenvalue weighted by Crippen LogP contribution is -2.41. The van der Waals surface area contributed by atoms with Gasteiger partial charge in [0, 0.05) is 19.7 Å². The molecule has 1 heterocycles. The molecule has 1 aliphatic rings. The van der Waals surface area contributed by atoms with E-state index in [-0.39, 0.29) is 23.4 Å². The Morgan fingerprint density at radius 3 is 2.68 bits per heavy atom. The molecule has 1 aromatic carbocycles. The van der Waals surface area contributed by atoms with Crippen molar-refractivity contribution >= 4 is 11.6 Å². The van der Waals surface area contributed by atoms with Crippen molar-refractivity contribution in [1.29, 1.82) is 0 Å². The van der Waals surface area contributed by atoms with Crippen molar-refractivity contribution in [3.63, 3.8) is 0 Å². The number of rotatable bonds is 2. The number of benzene rings is 1. The number of amides is 1. The summed E-state index contributed by atoms with van der Waals surface area (Å²) in [7, 11) is 1.58. The van der Waals surface area contributed by atoms with Gasteiger partial charge in [-0.25, -0.2) is 8.78 Å². The zero-order chi connectivity index (χ0) is 14.2. The standard InChI is InChI=1S/C13H16F2N2O2/c1-7-12(3-4-19-7)17(2)13(18)8-5-11(16)10(15)6-9(8)14/h5-7,12H,3-4,16H2,1-2H3. The minimum Gasteiger partial charge on any atom is -0.396 e. The molecule has 6 heteroatoms. The van der Waals surface area contributed by atoms with Gasteiger partial charge < -0.3 is 15.4 Å². The predicted molar refractivity (Wildman–Crippen MR) is 66.7 cm³/mol. The molecule has 2 unspecified atom stereocenters. The maximum absolute atomic E-state index is 13.7. The zero-order valence-corrected chi connectivity index (χ0v) is 10.8. The molecule has 1 aliphatic heterocycles. The first-order valence-electron chi connectivity index (χ1n) is 6.05. The van der Waals surface area contributed by atoms with E-state index in [1.54, 1.807) is 7.05 Å². The van der Waals surface area contributed by atoms with Crippen LogP contribution in [-0.4, -0.2) is 36.6 Å². The summed E-state index contributed by atoms with van der Waals surface area (Å²) < 4.78 is 32.1. The van der Waals surface area contributed by atoms with E-state index in [4.69, 9.17) is 10.5 Å². The van der Waals surface area contributed by atoms with E-state index in [0.717, 1.165) is 6.07 Å². The highest BCUT2D eigenvalue weighted by atomic mass is 19.1. The summed E-state index contributed by atoms with van der Waals surface area (Å²) in [5.74, 6) is -2.30. The summed E-state index contributed by atoms with van der Waals surface area (Å²) in [6.07, 6.45) is 0.594. The van der Waals surface area contributed by atoms with Crippen molar-refractivity contribution in [1.82, 2.24) is 4.90 Å². The smallest absolute Gasteiger partial charge is 0.256 e. The molecule has 0 saturated carbocycles. The zero-order valence-electron chi connectivity index (χ0n) is 10.8. The van der Waals surface area contributed by atoms with Gasteiger partial charge in [-0.1, -0.05) is 0 Å². The van der Waals surface area contributed by atoms with Crippen molar-refractivity contribution in [2.45, 2.75) is 25.5 Å². The SMILES string of the molecule is CC1OCCC1N(C)C(=O)c1cc(N)c(F)cc1F. The number of nitrogens with two attached hydrogens (primary N) is 1. The molecule has 1 fully saturated rings. The van der Waals surface area contributed by atoms with E-state index in [1.807, 2.05) is 6.92 Å². The maximum atomic E-state index is 13.7. The van der Waals surface area contributed by atoms with Crippen LogP contribution in [0.3, 0.4) is 0 Å². The van der Waals surface area contributed by atoms with Gasteiger partial charge in [-0.2, -0.15) is 0 Å². The number of carbonyl (C=O) groups excluding carboxylic acids is 1. The number of nitrogens with zero attached hydrogens (tertiary/aromatic N) is 1. The molecule has 1 aromatic rings. The van der Waals surface area contributed by atoms with Crippen molar-refractivity contribution in [3.8, 4) is 0 Å². The van der Waals surface area contributed by atoms with Gasteiger partial charge in [-0.3, -0.25) is 4.79 Å². The molecular formula is C13H16F2N2O2. The van der Waals surface area contributed by atoms with E-state index < -0.39 is 17.5 Å². The molecular weight excluding hydrogens is 254 g/mol. The summed E-state index contributed by atoms with van der Waals surface area (Å²) in [5.41, 5.74) is 4.91. The molecule has 4 nitrogen and oxygen atoms in total. The van der Waals surface area contributed by atoms with Gasteiger partial charge in [-0.15, -0.1) is 0 Å². The number of hydrogen-bond donors (Lipinski definition) is 1. The van der Waals surface area contributed by atoms with E-state index in [9.17, 15) is 13.6 Å². The van der Waals surface area contributed by atoms with Gasteiger partial charge in [0.1, 0.15) is 11.6 Å². The van der Waals surface area contributed by atoms with E-state index in [2.05, 4.69) is 0 Å². The largest absolute Gasteiger partial charge is 0.396 e. The second-order valence-corrected chi connectivity index (χ2v) is 4.70. The lowest BCUT2D eigenvalue weighted by molar-refractivity contribution is 0.0571. The molecule has 2 rings (SSSR count). The van der Waals surface area contributed by atoms with Crippen LogP contribution in [0.2, 0.25) is 0 Å². The Labute approximate surface area is 110 Å². The Hall–Kier alpha value is -1.69. The highest BCUT2D eigenvalue weighted by Crippen LogP contribution is 2.23. The first kappa shape index (κ1) is 13.7. The average Bonchev–Trinajstić information content (AvgIpc) is 2.78. The third-order valence-electron chi connectivity index (χ3n) is 3.47. The number of likely N-dealkylation sites (N-methyl/N-ethyl adjacent to an activating group) is 1. The first-order chi connectivity index (χ1) is 8.91. The second-order valence-electron chi connectivity index (χ2n) is 4.70. The van der Waals surface area contributed by atoms with E-state index in [0.29, 0.717) is 19.1 Å². The summed E-state index contributed by atoms with van der Waals surface area (Å²) in [6.45, 7) is 2.42. The Morgan fingerprint density at radius 1 is 1.42 bits per heavy atom. The average molecular weight is 270 g/mol. The van der Waals surface area contributed by atoms with Crippen LogP contribution in [0.25, 0.3) is 0 Å². The van der Waals surface area contributed by atoms with E-state index in [1.165, 1.54) is 4.90 Å². The highest BCUT2D eigenvalue weighted by molar-refractivity contribution is 5.95. The van der Waals surface area contributed by atoms with Crippen LogP contribution in [0.1, 0.15) is 23.7 Å². The summed E-state index contributed by atoms with van der Waals surface area (Å²) >= 11 is 0. The number of halogens is 2. The Bertz CT molecular complexity index is 508. The third-order valence-corrected chi connectivity index (χ3v) is 3.47. The van der Waals surface area contributed by atoms with Crippen LogP contribution in [0.15, 0.2) is 12.1 Å². The van der Waals surface area contributed by atoms with Crippen molar-refractivity contribution in [2.24, 2.45) is 0 Å². The number of carbonyl (C=O) groups is 1. The van der Waals surface area contributed by atoms with Gasteiger partial charge in [0.2, 0.25) is 0 Å². The summed E-state index contributed by atoms with van der Waals surface area (Å²) in [6, 6.07) is 1.55. The Morgan fingerprint density at radius 2 is 2.11 bits per heavy atom. The normalized spacial score (nSPS) is 22.5. The van der Waals surface area contributed by atoms with Crippen LogP contribution in [0.5, 0.6) is 0 Å². The number of nitrogen functional groups attached to an aromatic ring is 1. The van der Waals surface area contributed by atoms with Gasteiger partial charge in [0.05, 0.1) is 23.4 Å². The topological polar surface area (TPSA) is 55.6 Å². The quantitative estimate of drug-likeness (QED) is 0.834. The van der Waals surface area contributed by atoms with Crippen molar-refractivity contribution < 1.29 is 18.3 Å². The van der Waals surface area contributed by atoms with Crippen molar-refractivity contribution in [3.05, 3.63) is 29.3 Å². The van der Waals surface area contributed by atoms with Gasteiger partial charge in [0.15, 0.2) is 0 Å². The van der Waals surface area contributed by atoms with Crippen molar-refractivity contribution in [2.75, 3.05) is 19.4 Å². The summed E-state index contributed by atoms with van der Waals surface area (Å²) in [5, 5.41) is 0. The van der Waals surface area contributed by atoms with E-state index >= 15 is 0 Å². The van der Waals surface area contributed by atoms with Crippen LogP contribution < -0.4 is 5.73 Å². The highest BCUT2D eigenvalue weighted by Gasteiger charge is 2.32. The maximum Gasteiger partial charge on any atom is 0.256 e. The minimum atomic E-state index is -0.907. The predicted octanol–water partition coefficient (Wildman–Crippen LogP) is 1.80. The Balaban J connectivity index is 2.26. The van der Waals surface area contributed by atoms with Gasteiger partial charge >= 0.3 is 0 Å². The molecule has 0 radical (unpaired) electrons. The van der Waals surface area contributed by atoms with Gasteiger partial charge in [-0.05, 0) is 19.4 Å². The monoisotopic (exact) mass is 270 g/mol. The first-order valence-corrected chi connectivity index (χ1v) is 6.05. The molecule has 1 saturated heterocycles. The molecule has 0 aliphatic carbocycles. The van der Waals surface area contributed by atoms with Crippen LogP contribution in [0.4, 0.5) is 14.5 Å². The number of hydrogen-bond acceptors (Lipinski definition) is 3. The van der Waals surface area contributed by atoms with Crippen LogP contribution >= 0.6 is 0 Å². The molecule has 1 amide bonds. The lowest BCUT2D eigenvalue weighted by Gasteiger charge is -2.27. The van der Waals surface area contributed by atoms with Crippen LogP contribution in [-0.2, 0) is 4.74 Å². The fourth-order valence-electron chi connectivity index (χ4n) is 2.30.